The number of likely N-dealkylation sites (tertiary alicyclic amines) is 1. The molecule has 1 aromatic carbocycles. The minimum atomic E-state index is 0.155. The van der Waals surface area contributed by atoms with Crippen molar-refractivity contribution >= 4 is 17.2 Å². The number of hydrogen-bond donors (Lipinski definition) is 0. The van der Waals surface area contributed by atoms with Crippen molar-refractivity contribution in [3.63, 3.8) is 0 Å². The average molecular weight is 369 g/mol. The maximum atomic E-state index is 5.93. The Balaban J connectivity index is 1.41. The van der Waals surface area contributed by atoms with Gasteiger partial charge in [-0.05, 0) is 29.5 Å². The summed E-state index contributed by atoms with van der Waals surface area (Å²) in [5, 5.41) is 0. The predicted octanol–water partition coefficient (Wildman–Crippen LogP) is 3.52. The second-order valence-corrected chi connectivity index (χ2v) is 7.67. The lowest BCUT2D eigenvalue weighted by Crippen LogP contribution is -2.48. The Morgan fingerprint density at radius 3 is 2.77 bits per heavy atom. The van der Waals surface area contributed by atoms with Crippen molar-refractivity contribution in [3.8, 4) is 5.88 Å². The van der Waals surface area contributed by atoms with E-state index in [-0.39, 0.29) is 5.41 Å². The molecular formula is C21H24N2O2S. The molecule has 0 bridgehead atoms. The molecule has 1 fully saturated rings. The number of piperidine rings is 1. The zero-order chi connectivity index (χ0) is 18.0. The van der Waals surface area contributed by atoms with E-state index < -0.39 is 0 Å². The highest BCUT2D eigenvalue weighted by Crippen LogP contribution is 2.40. The van der Waals surface area contributed by atoms with Gasteiger partial charge in [-0.3, -0.25) is 0 Å². The van der Waals surface area contributed by atoms with Gasteiger partial charge < -0.3 is 14.4 Å². The molecule has 1 spiro atoms. The van der Waals surface area contributed by atoms with Crippen molar-refractivity contribution < 1.29 is 9.47 Å². The zero-order valence-corrected chi connectivity index (χ0v) is 15.9. The molecule has 26 heavy (non-hydrogen) atoms. The van der Waals surface area contributed by atoms with Crippen molar-refractivity contribution in [3.05, 3.63) is 59.3 Å². The van der Waals surface area contributed by atoms with E-state index in [1.165, 1.54) is 11.1 Å². The molecule has 1 saturated heterocycles. The summed E-state index contributed by atoms with van der Waals surface area (Å²) in [6, 6.07) is 12.7. The molecule has 0 aliphatic carbocycles. The van der Waals surface area contributed by atoms with Crippen LogP contribution in [0.4, 0.5) is 0 Å². The summed E-state index contributed by atoms with van der Waals surface area (Å²) in [7, 11) is 1.63. The number of fused-ring (bicyclic) bond motifs is 2. The Bertz CT molecular complexity index is 783. The number of pyridine rings is 1. The quantitative estimate of drug-likeness (QED) is 0.775. The highest BCUT2D eigenvalue weighted by Gasteiger charge is 2.40. The molecule has 0 amide bonds. The number of rotatable bonds is 3. The summed E-state index contributed by atoms with van der Waals surface area (Å²) >= 11 is 5.72. The molecule has 4 rings (SSSR count). The van der Waals surface area contributed by atoms with E-state index >= 15 is 0 Å². The molecule has 2 aromatic rings. The lowest BCUT2D eigenvalue weighted by molar-refractivity contribution is 0.0279. The molecule has 2 aliphatic heterocycles. The van der Waals surface area contributed by atoms with Gasteiger partial charge in [0.05, 0.1) is 25.3 Å². The van der Waals surface area contributed by atoms with Gasteiger partial charge in [-0.15, -0.1) is 0 Å². The topological polar surface area (TPSA) is 34.6 Å². The smallest absolute Gasteiger partial charge is 0.212 e. The third kappa shape index (κ3) is 3.33. The lowest BCUT2D eigenvalue weighted by Gasteiger charge is -2.45. The molecule has 0 saturated carbocycles. The van der Waals surface area contributed by atoms with Crippen molar-refractivity contribution in [1.82, 2.24) is 9.88 Å². The summed E-state index contributed by atoms with van der Waals surface area (Å²) in [5.74, 6) is 0.635. The normalized spacial score (nSPS) is 18.4. The highest BCUT2D eigenvalue weighted by molar-refractivity contribution is 7.80. The first kappa shape index (κ1) is 17.4. The molecule has 4 nitrogen and oxygen atoms in total. The third-order valence-electron chi connectivity index (χ3n) is 5.66. The highest BCUT2D eigenvalue weighted by atomic mass is 32.1. The van der Waals surface area contributed by atoms with Crippen LogP contribution in [-0.4, -0.2) is 41.7 Å². The SMILES string of the molecule is COc1ccc(CC(=S)N2CCC3(CC2)COCc2ccccc23)cn1. The van der Waals surface area contributed by atoms with Crippen molar-refractivity contribution in [2.45, 2.75) is 31.3 Å². The van der Waals surface area contributed by atoms with Crippen LogP contribution < -0.4 is 4.74 Å². The van der Waals surface area contributed by atoms with Crippen LogP contribution in [0.2, 0.25) is 0 Å². The van der Waals surface area contributed by atoms with Crippen LogP contribution in [-0.2, 0) is 23.2 Å². The van der Waals surface area contributed by atoms with Gasteiger partial charge in [0.15, 0.2) is 0 Å². The van der Waals surface area contributed by atoms with Gasteiger partial charge in [-0.1, -0.05) is 42.5 Å². The van der Waals surface area contributed by atoms with Crippen LogP contribution in [0.15, 0.2) is 42.6 Å². The van der Waals surface area contributed by atoms with Gasteiger partial charge in [0.25, 0.3) is 0 Å². The Hall–Kier alpha value is -1.98. The van der Waals surface area contributed by atoms with Gasteiger partial charge in [0.1, 0.15) is 0 Å². The number of aromatic nitrogens is 1. The van der Waals surface area contributed by atoms with Gasteiger partial charge in [-0.2, -0.15) is 0 Å². The summed E-state index contributed by atoms with van der Waals surface area (Å²) < 4.78 is 11.0. The van der Waals surface area contributed by atoms with Crippen molar-refractivity contribution in [2.75, 3.05) is 26.8 Å². The Labute approximate surface area is 160 Å². The Morgan fingerprint density at radius 1 is 1.23 bits per heavy atom. The monoisotopic (exact) mass is 368 g/mol. The minimum Gasteiger partial charge on any atom is -0.481 e. The number of hydrogen-bond acceptors (Lipinski definition) is 4. The molecule has 2 aliphatic rings. The van der Waals surface area contributed by atoms with Gasteiger partial charge in [0.2, 0.25) is 5.88 Å². The van der Waals surface area contributed by atoms with E-state index in [4.69, 9.17) is 21.7 Å². The third-order valence-corrected chi connectivity index (χ3v) is 6.06. The number of methoxy groups -OCH3 is 1. The van der Waals surface area contributed by atoms with E-state index in [1.807, 2.05) is 18.3 Å². The predicted molar refractivity (Wildman–Crippen MR) is 106 cm³/mol. The van der Waals surface area contributed by atoms with Gasteiger partial charge in [0, 0.05) is 37.2 Å². The summed E-state index contributed by atoms with van der Waals surface area (Å²) in [6.07, 6.45) is 4.78. The van der Waals surface area contributed by atoms with E-state index in [2.05, 4.69) is 34.1 Å². The molecule has 0 unspecified atom stereocenters. The lowest BCUT2D eigenvalue weighted by atomic mass is 9.70. The number of thiocarbonyl (C=S) groups is 1. The standard InChI is InChI=1S/C21H24N2O2S/c1-24-19-7-6-16(13-22-19)12-20(26)23-10-8-21(9-11-23)15-25-14-17-4-2-3-5-18(17)21/h2-7,13H,8-12,14-15H2,1H3. The summed E-state index contributed by atoms with van der Waals surface area (Å²) in [4.78, 5) is 7.62. The first-order valence-corrected chi connectivity index (χ1v) is 9.54. The summed E-state index contributed by atoms with van der Waals surface area (Å²) in [6.45, 7) is 3.54. The van der Waals surface area contributed by atoms with Gasteiger partial charge >= 0.3 is 0 Å². The van der Waals surface area contributed by atoms with E-state index in [0.29, 0.717) is 5.88 Å². The van der Waals surface area contributed by atoms with Crippen LogP contribution in [0.1, 0.15) is 29.5 Å². The molecule has 5 heteroatoms. The Kier molecular flexibility index (Phi) is 4.92. The largest absolute Gasteiger partial charge is 0.481 e. The van der Waals surface area contributed by atoms with Crippen molar-refractivity contribution in [1.29, 1.82) is 0 Å². The molecule has 1 aromatic heterocycles. The second kappa shape index (κ2) is 7.33. The van der Waals surface area contributed by atoms with E-state index in [9.17, 15) is 0 Å². The fraction of sp³-hybridized carbons (Fsp3) is 0.429. The maximum Gasteiger partial charge on any atom is 0.212 e. The molecule has 0 N–H and O–H groups in total. The molecule has 3 heterocycles. The maximum absolute atomic E-state index is 5.93. The first-order valence-electron chi connectivity index (χ1n) is 9.13. The zero-order valence-electron chi connectivity index (χ0n) is 15.1. The second-order valence-electron chi connectivity index (χ2n) is 7.20. The fourth-order valence-corrected chi connectivity index (χ4v) is 4.47. The average Bonchev–Trinajstić information content (AvgIpc) is 2.69. The van der Waals surface area contributed by atoms with Gasteiger partial charge in [-0.25, -0.2) is 4.98 Å². The van der Waals surface area contributed by atoms with Crippen LogP contribution in [0.5, 0.6) is 5.88 Å². The van der Waals surface area contributed by atoms with Crippen LogP contribution >= 0.6 is 12.2 Å². The van der Waals surface area contributed by atoms with E-state index in [1.54, 1.807) is 7.11 Å². The number of nitrogens with zero attached hydrogens (tertiary/aromatic N) is 2. The number of benzene rings is 1. The first-order chi connectivity index (χ1) is 12.7. The summed E-state index contributed by atoms with van der Waals surface area (Å²) in [5.41, 5.74) is 4.11. The fourth-order valence-electron chi connectivity index (χ4n) is 4.12. The molecule has 0 radical (unpaired) electrons. The Morgan fingerprint density at radius 2 is 2.04 bits per heavy atom. The van der Waals surface area contributed by atoms with Crippen molar-refractivity contribution in [2.24, 2.45) is 0 Å². The van der Waals surface area contributed by atoms with E-state index in [0.717, 1.165) is 56.1 Å². The van der Waals surface area contributed by atoms with Crippen LogP contribution in [0, 0.1) is 0 Å². The molecule has 0 atom stereocenters. The van der Waals surface area contributed by atoms with Crippen LogP contribution in [0.3, 0.4) is 0 Å². The minimum absolute atomic E-state index is 0.155. The van der Waals surface area contributed by atoms with Crippen LogP contribution in [0.25, 0.3) is 0 Å². The number of ether oxygens (including phenoxy) is 2. The molecule has 136 valence electrons. The molecular weight excluding hydrogens is 344 g/mol.